The van der Waals surface area contributed by atoms with Crippen molar-refractivity contribution in [1.29, 1.82) is 0 Å². The van der Waals surface area contributed by atoms with Crippen molar-refractivity contribution in [1.82, 2.24) is 4.90 Å². The van der Waals surface area contributed by atoms with E-state index in [1.54, 1.807) is 31.4 Å². The molecule has 35 heavy (non-hydrogen) atoms. The van der Waals surface area contributed by atoms with Crippen molar-refractivity contribution in [3.8, 4) is 5.75 Å². The van der Waals surface area contributed by atoms with Gasteiger partial charge < -0.3 is 19.7 Å². The maximum atomic E-state index is 13.2. The molecule has 2 heterocycles. The van der Waals surface area contributed by atoms with Gasteiger partial charge in [-0.15, -0.1) is 0 Å². The zero-order valence-corrected chi connectivity index (χ0v) is 21.3. The number of aliphatic imine (C=N–C) groups is 1. The molecule has 7 nitrogen and oxygen atoms in total. The van der Waals surface area contributed by atoms with Crippen LogP contribution < -0.4 is 10.1 Å². The third-order valence-electron chi connectivity index (χ3n) is 5.64. The van der Waals surface area contributed by atoms with Crippen molar-refractivity contribution in [3.05, 3.63) is 82.0 Å². The number of carbonyl (C=O) groups is 2. The van der Waals surface area contributed by atoms with Crippen molar-refractivity contribution in [2.24, 2.45) is 4.99 Å². The molecule has 0 aromatic heterocycles. The fraction of sp³-hybridized carbons (Fsp3) is 0.296. The summed E-state index contributed by atoms with van der Waals surface area (Å²) in [4.78, 5) is 32.8. The van der Waals surface area contributed by atoms with Gasteiger partial charge in [-0.05, 0) is 62.9 Å². The van der Waals surface area contributed by atoms with Crippen LogP contribution in [0.5, 0.6) is 5.75 Å². The Bertz CT molecular complexity index is 1230. The molecule has 2 aromatic carbocycles. The minimum Gasteiger partial charge on any atom is -0.497 e. The van der Waals surface area contributed by atoms with Gasteiger partial charge in [-0.25, -0.2) is 9.79 Å². The van der Waals surface area contributed by atoms with Gasteiger partial charge in [-0.2, -0.15) is 0 Å². The summed E-state index contributed by atoms with van der Waals surface area (Å²) >= 11 is 1.45. The van der Waals surface area contributed by atoms with E-state index in [0.717, 1.165) is 27.7 Å². The highest BCUT2D eigenvalue weighted by atomic mass is 32.2. The van der Waals surface area contributed by atoms with Crippen LogP contribution in [0.4, 0.5) is 5.69 Å². The van der Waals surface area contributed by atoms with Crippen LogP contribution in [-0.2, 0) is 14.3 Å². The van der Waals surface area contributed by atoms with Crippen LogP contribution in [0.2, 0.25) is 0 Å². The Kier molecular flexibility index (Phi) is 7.31. The van der Waals surface area contributed by atoms with Gasteiger partial charge in [0, 0.05) is 11.4 Å². The smallest absolute Gasteiger partial charge is 0.338 e. The Morgan fingerprint density at radius 1 is 1.14 bits per heavy atom. The minimum atomic E-state index is -0.441. The van der Waals surface area contributed by atoms with Crippen LogP contribution in [0.1, 0.15) is 44.4 Å². The SMILES string of the molecule is COc1ccc(NC(=O)CC2=CSC3=NC(C)=C(C(=O)OC(C)C)[C@@H](c4cccc(C)c4)N23)cc1. The standard InChI is InChI=1S/C27H29N3O4S/c1-16(2)34-26(32)24-18(4)28-27-30(25(24)19-8-6-7-17(3)13-19)21(15-35-27)14-23(31)29-20-9-11-22(33-5)12-10-20/h6-13,15-16,25H,14H2,1-5H3,(H,29,31)/t25-/m1/s1. The van der Waals surface area contributed by atoms with E-state index in [1.165, 1.54) is 11.8 Å². The van der Waals surface area contributed by atoms with E-state index in [1.807, 2.05) is 56.2 Å². The van der Waals surface area contributed by atoms with E-state index < -0.39 is 12.0 Å². The first-order valence-corrected chi connectivity index (χ1v) is 12.3. The van der Waals surface area contributed by atoms with Gasteiger partial charge >= 0.3 is 5.97 Å². The zero-order valence-electron chi connectivity index (χ0n) is 20.5. The molecule has 0 aliphatic carbocycles. The number of rotatable bonds is 7. The summed E-state index contributed by atoms with van der Waals surface area (Å²) in [6, 6.07) is 14.8. The maximum Gasteiger partial charge on any atom is 0.338 e. The van der Waals surface area contributed by atoms with Crippen molar-refractivity contribution >= 4 is 34.5 Å². The maximum absolute atomic E-state index is 13.2. The third kappa shape index (κ3) is 5.43. The number of nitrogens with one attached hydrogen (secondary N) is 1. The fourth-order valence-electron chi connectivity index (χ4n) is 4.11. The van der Waals surface area contributed by atoms with Crippen molar-refractivity contribution < 1.29 is 19.1 Å². The van der Waals surface area contributed by atoms with Gasteiger partial charge in [0.15, 0.2) is 5.17 Å². The number of hydrogen-bond donors (Lipinski definition) is 1. The number of esters is 1. The van der Waals surface area contributed by atoms with E-state index in [2.05, 4.69) is 11.4 Å². The Morgan fingerprint density at radius 3 is 2.54 bits per heavy atom. The van der Waals surface area contributed by atoms with Gasteiger partial charge in [0.05, 0.1) is 36.9 Å². The van der Waals surface area contributed by atoms with Crippen LogP contribution in [0, 0.1) is 6.92 Å². The lowest BCUT2D eigenvalue weighted by Crippen LogP contribution is -2.37. The topological polar surface area (TPSA) is 80.2 Å². The highest BCUT2D eigenvalue weighted by molar-refractivity contribution is 8.16. The van der Waals surface area contributed by atoms with Crippen LogP contribution in [0.3, 0.4) is 0 Å². The number of benzene rings is 2. The number of fused-ring (bicyclic) bond motifs is 1. The number of aryl methyl sites for hydroxylation is 1. The summed E-state index contributed by atoms with van der Waals surface area (Å²) in [6.07, 6.45) is -0.129. The Balaban J connectivity index is 1.64. The number of anilines is 1. The lowest BCUT2D eigenvalue weighted by Gasteiger charge is -2.36. The summed E-state index contributed by atoms with van der Waals surface area (Å²) in [5.74, 6) is 0.158. The van der Waals surface area contributed by atoms with Crippen LogP contribution in [-0.4, -0.2) is 35.2 Å². The molecule has 2 aliphatic heterocycles. The van der Waals surface area contributed by atoms with E-state index in [9.17, 15) is 9.59 Å². The van der Waals surface area contributed by atoms with Gasteiger partial charge in [-0.3, -0.25) is 4.79 Å². The van der Waals surface area contributed by atoms with Gasteiger partial charge in [0.25, 0.3) is 0 Å². The molecular formula is C27H29N3O4S. The molecule has 0 bridgehead atoms. The Labute approximate surface area is 209 Å². The van der Waals surface area contributed by atoms with Crippen molar-refractivity contribution in [3.63, 3.8) is 0 Å². The van der Waals surface area contributed by atoms with Gasteiger partial charge in [0.2, 0.25) is 5.91 Å². The largest absolute Gasteiger partial charge is 0.497 e. The van der Waals surface area contributed by atoms with Crippen LogP contribution in [0.15, 0.2) is 75.9 Å². The molecule has 182 valence electrons. The molecule has 1 atom stereocenters. The lowest BCUT2D eigenvalue weighted by molar-refractivity contribution is -0.143. The summed E-state index contributed by atoms with van der Waals surface area (Å²) in [5, 5.41) is 5.60. The second-order valence-electron chi connectivity index (χ2n) is 8.71. The molecule has 1 N–H and O–H groups in total. The van der Waals surface area contributed by atoms with E-state index in [-0.39, 0.29) is 18.4 Å². The third-order valence-corrected chi connectivity index (χ3v) is 6.53. The molecule has 2 aliphatic rings. The molecule has 4 rings (SSSR count). The fourth-order valence-corrected chi connectivity index (χ4v) is 5.07. The highest BCUT2D eigenvalue weighted by Crippen LogP contribution is 2.45. The molecular weight excluding hydrogens is 462 g/mol. The molecule has 0 unspecified atom stereocenters. The molecule has 0 radical (unpaired) electrons. The number of nitrogens with zero attached hydrogens (tertiary/aromatic N) is 2. The molecule has 1 amide bonds. The normalized spacial score (nSPS) is 17.1. The minimum absolute atomic E-state index is 0.131. The number of thioether (sulfide) groups is 1. The van der Waals surface area contributed by atoms with Crippen LogP contribution >= 0.6 is 11.8 Å². The number of methoxy groups -OCH3 is 1. The summed E-state index contributed by atoms with van der Waals surface area (Å²) in [5.41, 5.74) is 4.58. The average molecular weight is 492 g/mol. The predicted octanol–water partition coefficient (Wildman–Crippen LogP) is 5.56. The van der Waals surface area contributed by atoms with Crippen molar-refractivity contribution in [2.45, 2.75) is 46.3 Å². The Morgan fingerprint density at radius 2 is 1.89 bits per heavy atom. The second-order valence-corrected chi connectivity index (χ2v) is 9.55. The monoisotopic (exact) mass is 491 g/mol. The number of amides is 1. The average Bonchev–Trinajstić information content (AvgIpc) is 3.19. The first kappa shape index (κ1) is 24.6. The van der Waals surface area contributed by atoms with E-state index >= 15 is 0 Å². The molecule has 8 heteroatoms. The quantitative estimate of drug-likeness (QED) is 0.511. The number of amidine groups is 1. The lowest BCUT2D eigenvalue weighted by atomic mass is 9.93. The first-order chi connectivity index (χ1) is 16.8. The molecule has 0 fully saturated rings. The zero-order chi connectivity index (χ0) is 25.1. The van der Waals surface area contributed by atoms with Gasteiger partial charge in [-0.1, -0.05) is 41.6 Å². The summed E-state index contributed by atoms with van der Waals surface area (Å²) < 4.78 is 10.8. The predicted molar refractivity (Wildman–Crippen MR) is 139 cm³/mol. The molecule has 0 spiro atoms. The number of allylic oxidation sites excluding steroid dienone is 1. The van der Waals surface area contributed by atoms with Gasteiger partial charge in [0.1, 0.15) is 5.75 Å². The molecule has 0 saturated carbocycles. The van der Waals surface area contributed by atoms with Crippen LogP contribution in [0.25, 0.3) is 0 Å². The van der Waals surface area contributed by atoms with Crippen molar-refractivity contribution in [2.75, 3.05) is 12.4 Å². The van der Waals surface area contributed by atoms with E-state index in [0.29, 0.717) is 17.0 Å². The molecule has 2 aromatic rings. The summed E-state index contributed by atoms with van der Waals surface area (Å²) in [7, 11) is 1.60. The number of carbonyl (C=O) groups excluding carboxylic acids is 2. The number of hydrogen-bond acceptors (Lipinski definition) is 7. The highest BCUT2D eigenvalue weighted by Gasteiger charge is 2.41. The molecule has 0 saturated heterocycles. The number of ether oxygens (including phenoxy) is 2. The van der Waals surface area contributed by atoms with E-state index in [4.69, 9.17) is 14.5 Å². The first-order valence-electron chi connectivity index (χ1n) is 11.4. The Hall–Kier alpha value is -3.52. The summed E-state index contributed by atoms with van der Waals surface area (Å²) in [6.45, 7) is 7.50. The second kappa shape index (κ2) is 10.4.